The second kappa shape index (κ2) is 9.72. The van der Waals surface area contributed by atoms with Crippen LogP contribution in [0.3, 0.4) is 0 Å². The summed E-state index contributed by atoms with van der Waals surface area (Å²) >= 11 is 0. The molecule has 4 heteroatoms. The van der Waals surface area contributed by atoms with Gasteiger partial charge in [-0.25, -0.2) is 9.97 Å². The zero-order valence-electron chi connectivity index (χ0n) is 19.4. The summed E-state index contributed by atoms with van der Waals surface area (Å²) in [6.45, 7) is 0. The van der Waals surface area contributed by atoms with Gasteiger partial charge in [0.1, 0.15) is 0 Å². The van der Waals surface area contributed by atoms with Crippen LogP contribution in [0.2, 0.25) is 0 Å². The van der Waals surface area contributed by atoms with E-state index < -0.39 is 0 Å². The summed E-state index contributed by atoms with van der Waals surface area (Å²) in [6, 6.07) is 36.3. The summed E-state index contributed by atoms with van der Waals surface area (Å²) in [7, 11) is 0. The van der Waals surface area contributed by atoms with E-state index in [1.54, 1.807) is 12.4 Å². The van der Waals surface area contributed by atoms with Crippen molar-refractivity contribution in [1.82, 2.24) is 9.97 Å². The molecular weight excluding hydrogens is 444 g/mol. The highest BCUT2D eigenvalue weighted by atomic mass is 16.4. The lowest BCUT2D eigenvalue weighted by Crippen LogP contribution is -1.79. The largest absolute Gasteiger partial charge is 0.436 e. The van der Waals surface area contributed by atoms with Gasteiger partial charge < -0.3 is 8.83 Å². The Balaban J connectivity index is 1.13. The van der Waals surface area contributed by atoms with Gasteiger partial charge in [0, 0.05) is 22.3 Å². The summed E-state index contributed by atoms with van der Waals surface area (Å²) in [6.07, 6.45) is 7.72. The van der Waals surface area contributed by atoms with Crippen molar-refractivity contribution in [1.29, 1.82) is 0 Å². The van der Waals surface area contributed by atoms with Crippen LogP contribution in [0, 0.1) is 0 Å². The fourth-order valence-electron chi connectivity index (χ4n) is 3.95. The lowest BCUT2D eigenvalue weighted by Gasteiger charge is -2.00. The van der Waals surface area contributed by atoms with E-state index in [-0.39, 0.29) is 0 Å². The van der Waals surface area contributed by atoms with E-state index in [0.717, 1.165) is 44.9 Å². The molecule has 0 bridgehead atoms. The van der Waals surface area contributed by atoms with Crippen molar-refractivity contribution in [3.05, 3.63) is 133 Å². The lowest BCUT2D eigenvalue weighted by atomic mass is 10.1. The number of aromatic nitrogens is 2. The fraction of sp³-hybridized carbons (Fsp3) is 0. The maximum Gasteiger partial charge on any atom is 0.226 e. The summed E-state index contributed by atoms with van der Waals surface area (Å²) in [5, 5.41) is 0. The SMILES string of the molecule is C(=C\c1ccc(-c2ncc(-c3ccccc3)o2)cc1)/c1ccc(-c2cnc(-c3ccccc3)o2)cc1. The Morgan fingerprint density at radius 3 is 1.31 bits per heavy atom. The van der Waals surface area contributed by atoms with E-state index >= 15 is 0 Å². The van der Waals surface area contributed by atoms with Crippen molar-refractivity contribution >= 4 is 12.2 Å². The molecule has 6 aromatic rings. The molecule has 0 atom stereocenters. The number of oxazole rings is 2. The van der Waals surface area contributed by atoms with Gasteiger partial charge in [-0.05, 0) is 35.4 Å². The predicted octanol–water partition coefficient (Wildman–Crippen LogP) is 8.50. The standard InChI is InChI=1S/C32H22N2O2/c1-3-7-25(8-4-1)29-21-34-32(35-29)28-19-15-24(16-20-28)12-11-23-13-17-26(18-14-23)30-22-33-31(36-30)27-9-5-2-6-10-27/h1-22H/b12-11+. The number of benzene rings is 4. The summed E-state index contributed by atoms with van der Waals surface area (Å²) in [4.78, 5) is 8.86. The molecule has 0 saturated carbocycles. The molecule has 6 rings (SSSR count). The minimum absolute atomic E-state index is 0.614. The highest BCUT2D eigenvalue weighted by Gasteiger charge is 2.09. The van der Waals surface area contributed by atoms with Crippen molar-refractivity contribution in [3.63, 3.8) is 0 Å². The van der Waals surface area contributed by atoms with Crippen LogP contribution in [0.25, 0.3) is 57.7 Å². The minimum Gasteiger partial charge on any atom is -0.436 e. The number of nitrogens with zero attached hydrogens (tertiary/aromatic N) is 2. The first-order valence-corrected chi connectivity index (χ1v) is 11.7. The van der Waals surface area contributed by atoms with Crippen LogP contribution in [0.4, 0.5) is 0 Å². The summed E-state index contributed by atoms with van der Waals surface area (Å²) < 4.78 is 11.9. The third-order valence-electron chi connectivity index (χ3n) is 5.91. The Morgan fingerprint density at radius 1 is 0.417 bits per heavy atom. The van der Waals surface area contributed by atoms with Gasteiger partial charge in [0.2, 0.25) is 11.8 Å². The van der Waals surface area contributed by atoms with Gasteiger partial charge >= 0.3 is 0 Å². The van der Waals surface area contributed by atoms with Crippen molar-refractivity contribution in [2.75, 3.05) is 0 Å². The Morgan fingerprint density at radius 2 is 0.806 bits per heavy atom. The second-order valence-corrected chi connectivity index (χ2v) is 8.37. The van der Waals surface area contributed by atoms with Crippen LogP contribution in [0.1, 0.15) is 11.1 Å². The molecule has 0 fully saturated rings. The third kappa shape index (κ3) is 4.65. The van der Waals surface area contributed by atoms with Gasteiger partial charge in [-0.1, -0.05) is 97.1 Å². The van der Waals surface area contributed by atoms with Crippen molar-refractivity contribution in [2.24, 2.45) is 0 Å². The molecule has 0 aliphatic carbocycles. The quantitative estimate of drug-likeness (QED) is 0.231. The van der Waals surface area contributed by atoms with Crippen molar-refractivity contribution in [3.8, 4) is 45.6 Å². The molecule has 2 aromatic heterocycles. The fourth-order valence-corrected chi connectivity index (χ4v) is 3.95. The van der Waals surface area contributed by atoms with Gasteiger partial charge in [0.25, 0.3) is 0 Å². The van der Waals surface area contributed by atoms with E-state index in [2.05, 4.69) is 46.4 Å². The average molecular weight is 467 g/mol. The predicted molar refractivity (Wildman–Crippen MR) is 144 cm³/mol. The molecule has 0 radical (unpaired) electrons. The average Bonchev–Trinajstić information content (AvgIpc) is 3.65. The maximum atomic E-state index is 5.96. The molecule has 2 heterocycles. The molecule has 0 N–H and O–H groups in total. The third-order valence-corrected chi connectivity index (χ3v) is 5.91. The van der Waals surface area contributed by atoms with Gasteiger partial charge in [-0.2, -0.15) is 0 Å². The zero-order valence-corrected chi connectivity index (χ0v) is 19.4. The molecule has 0 unspecified atom stereocenters. The van der Waals surface area contributed by atoms with Gasteiger partial charge in [0.15, 0.2) is 11.5 Å². The highest BCUT2D eigenvalue weighted by Crippen LogP contribution is 2.28. The normalized spacial score (nSPS) is 11.2. The monoisotopic (exact) mass is 466 g/mol. The molecule has 0 amide bonds. The topological polar surface area (TPSA) is 52.1 Å². The molecule has 0 aliphatic heterocycles. The molecule has 0 aliphatic rings. The van der Waals surface area contributed by atoms with Crippen molar-refractivity contribution < 1.29 is 8.83 Å². The molecule has 4 aromatic carbocycles. The zero-order chi connectivity index (χ0) is 24.2. The Hall–Kier alpha value is -4.96. The first-order chi connectivity index (χ1) is 17.8. The van der Waals surface area contributed by atoms with Crippen LogP contribution < -0.4 is 0 Å². The number of hydrogen-bond acceptors (Lipinski definition) is 4. The van der Waals surface area contributed by atoms with Crippen LogP contribution in [-0.4, -0.2) is 9.97 Å². The Labute approximate surface area is 209 Å². The highest BCUT2D eigenvalue weighted by molar-refractivity contribution is 5.72. The van der Waals surface area contributed by atoms with Gasteiger partial charge in [0.05, 0.1) is 12.4 Å². The van der Waals surface area contributed by atoms with E-state index in [4.69, 9.17) is 8.83 Å². The van der Waals surface area contributed by atoms with E-state index in [9.17, 15) is 0 Å². The Bertz CT molecular complexity index is 1470. The molecule has 0 spiro atoms. The summed E-state index contributed by atoms with van der Waals surface area (Å²) in [5.74, 6) is 2.75. The number of rotatable bonds is 6. The maximum absolute atomic E-state index is 5.96. The minimum atomic E-state index is 0.614. The molecule has 172 valence electrons. The summed E-state index contributed by atoms with van der Waals surface area (Å²) in [5.41, 5.74) is 6.12. The van der Waals surface area contributed by atoms with E-state index in [1.165, 1.54) is 0 Å². The van der Waals surface area contributed by atoms with Crippen molar-refractivity contribution in [2.45, 2.75) is 0 Å². The van der Waals surface area contributed by atoms with Gasteiger partial charge in [-0.3, -0.25) is 0 Å². The van der Waals surface area contributed by atoms with Crippen LogP contribution in [-0.2, 0) is 0 Å². The first kappa shape index (κ1) is 21.6. The molecule has 0 saturated heterocycles. The molecule has 4 nitrogen and oxygen atoms in total. The number of hydrogen-bond donors (Lipinski definition) is 0. The molecular formula is C32H22N2O2. The first-order valence-electron chi connectivity index (χ1n) is 11.7. The van der Waals surface area contributed by atoms with E-state index in [1.807, 2.05) is 84.9 Å². The molecule has 36 heavy (non-hydrogen) atoms. The van der Waals surface area contributed by atoms with Gasteiger partial charge in [-0.15, -0.1) is 0 Å². The van der Waals surface area contributed by atoms with E-state index in [0.29, 0.717) is 11.8 Å². The van der Waals surface area contributed by atoms with Crippen LogP contribution in [0.5, 0.6) is 0 Å². The lowest BCUT2D eigenvalue weighted by molar-refractivity contribution is 0.588. The second-order valence-electron chi connectivity index (χ2n) is 8.37. The smallest absolute Gasteiger partial charge is 0.226 e. The Kier molecular flexibility index (Phi) is 5.83. The van der Waals surface area contributed by atoms with Crippen LogP contribution in [0.15, 0.2) is 130 Å². The van der Waals surface area contributed by atoms with Crippen LogP contribution >= 0.6 is 0 Å².